The fraction of sp³-hybridized carbons (Fsp3) is 0.406. The van der Waals surface area contributed by atoms with Crippen molar-refractivity contribution in [1.82, 2.24) is 9.62 Å². The summed E-state index contributed by atoms with van der Waals surface area (Å²) >= 11 is 4.23. The van der Waals surface area contributed by atoms with Crippen molar-refractivity contribution < 1.29 is 41.0 Å². The number of anilines is 1. The highest BCUT2D eigenvalue weighted by molar-refractivity contribution is 9.10. The van der Waals surface area contributed by atoms with Crippen molar-refractivity contribution in [2.75, 3.05) is 17.9 Å². The molecule has 2 aromatic carbocycles. The van der Waals surface area contributed by atoms with Crippen molar-refractivity contribution in [1.29, 1.82) is 5.41 Å². The van der Waals surface area contributed by atoms with Gasteiger partial charge in [-0.3, -0.25) is 14.9 Å². The second-order valence-electron chi connectivity index (χ2n) is 12.8. The Labute approximate surface area is 303 Å². The average Bonchev–Trinajstić information content (AvgIpc) is 3.74. The number of nitrogens with two attached hydrogens (primary N) is 1. The predicted octanol–water partition coefficient (Wildman–Crippen LogP) is 4.43. The Balaban J connectivity index is 1.30. The summed E-state index contributed by atoms with van der Waals surface area (Å²) in [4.78, 5) is 25.3. The number of guanidine groups is 1. The SMILES string of the molecule is Cc1c(C)c(S(=O)(=O)N(CCC[C@H](NC(=O)c2sccc2NS(=O)(=O)c2cc(Br)cc3c2OCC3)C(=O)O)C(=N)N)c(C)c2c1OC(C)(C)C2. The van der Waals surface area contributed by atoms with Crippen LogP contribution in [0.15, 0.2) is 37.8 Å². The zero-order chi connectivity index (χ0) is 36.9. The summed E-state index contributed by atoms with van der Waals surface area (Å²) in [6.07, 6.45) is 0.715. The quantitative estimate of drug-likeness (QED) is 0.128. The van der Waals surface area contributed by atoms with Gasteiger partial charge in [0.25, 0.3) is 26.0 Å². The average molecular weight is 813 g/mol. The van der Waals surface area contributed by atoms with Gasteiger partial charge in [0.05, 0.1) is 17.2 Å². The maximum atomic E-state index is 14.0. The van der Waals surface area contributed by atoms with Crippen molar-refractivity contribution in [3.8, 4) is 11.5 Å². The molecule has 6 N–H and O–H groups in total. The van der Waals surface area contributed by atoms with Gasteiger partial charge in [-0.1, -0.05) is 15.9 Å². The standard InChI is InChI=1S/C32H38BrN5O9S3/c1-16-17(2)28(18(3)21-15-32(4,5)47-25(16)21)50(44,45)38(31(34)35)10-6-7-23(30(40)41)36-29(39)27-22(9-12-48-27)37-49(42,43)24-14-20(33)13-19-8-11-46-26(19)24/h9,12-14,23,37H,6-8,10-11,15H2,1-5H3,(H3,34,35)(H,36,39)(H,40,41)/t23-/m0/s1. The molecule has 3 aromatic rings. The van der Waals surface area contributed by atoms with Gasteiger partial charge in [-0.05, 0) is 87.7 Å². The van der Waals surface area contributed by atoms with Crippen LogP contribution in [0.3, 0.4) is 0 Å². The second kappa shape index (κ2) is 13.7. The summed E-state index contributed by atoms with van der Waals surface area (Å²) in [6, 6.07) is 3.08. The summed E-state index contributed by atoms with van der Waals surface area (Å²) in [6.45, 7) is 8.95. The highest BCUT2D eigenvalue weighted by Crippen LogP contribution is 2.44. The molecule has 3 heterocycles. The van der Waals surface area contributed by atoms with Crippen LogP contribution < -0.4 is 25.2 Å². The molecular formula is C32H38BrN5O9S3. The van der Waals surface area contributed by atoms with E-state index in [4.69, 9.17) is 20.6 Å². The molecule has 0 fully saturated rings. The number of carbonyl (C=O) groups excluding carboxylic acids is 1. The summed E-state index contributed by atoms with van der Waals surface area (Å²) in [5.74, 6) is -2.11. The molecule has 1 atom stereocenters. The van der Waals surface area contributed by atoms with Gasteiger partial charge in [0.15, 0.2) is 0 Å². The lowest BCUT2D eigenvalue weighted by molar-refractivity contribution is -0.139. The van der Waals surface area contributed by atoms with Crippen LogP contribution in [0, 0.1) is 26.2 Å². The molecule has 0 aliphatic carbocycles. The zero-order valence-electron chi connectivity index (χ0n) is 28.0. The first-order chi connectivity index (χ1) is 23.2. The van der Waals surface area contributed by atoms with Crippen molar-refractivity contribution in [2.45, 2.75) is 81.7 Å². The fourth-order valence-electron chi connectivity index (χ4n) is 6.23. The number of ether oxygens (including phenoxy) is 2. The Bertz CT molecular complexity index is 2130. The number of nitrogens with zero attached hydrogens (tertiary/aromatic N) is 1. The molecule has 50 heavy (non-hydrogen) atoms. The number of rotatable bonds is 12. The minimum atomic E-state index is -4.35. The number of benzene rings is 2. The number of amides is 1. The monoisotopic (exact) mass is 811 g/mol. The van der Waals surface area contributed by atoms with E-state index < -0.39 is 49.5 Å². The number of aliphatic carboxylic acids is 1. The molecule has 5 rings (SSSR count). The van der Waals surface area contributed by atoms with Crippen LogP contribution in [0.4, 0.5) is 5.69 Å². The zero-order valence-corrected chi connectivity index (χ0v) is 32.0. The summed E-state index contributed by atoms with van der Waals surface area (Å²) in [5.41, 5.74) is 8.30. The number of hydrogen-bond donors (Lipinski definition) is 5. The summed E-state index contributed by atoms with van der Waals surface area (Å²) in [7, 11) is -8.57. The van der Waals surface area contributed by atoms with Gasteiger partial charge >= 0.3 is 5.97 Å². The molecule has 14 nitrogen and oxygen atoms in total. The molecule has 0 radical (unpaired) electrons. The number of fused-ring (bicyclic) bond motifs is 2. The Morgan fingerprint density at radius 1 is 1.14 bits per heavy atom. The number of sulfonamides is 2. The third-order valence-electron chi connectivity index (χ3n) is 8.69. The van der Waals surface area contributed by atoms with Gasteiger partial charge in [0.1, 0.15) is 32.9 Å². The van der Waals surface area contributed by atoms with E-state index in [-0.39, 0.29) is 45.5 Å². The van der Waals surface area contributed by atoms with E-state index in [0.717, 1.165) is 26.8 Å². The minimum absolute atomic E-state index is 0.0143. The number of thiophene rings is 1. The van der Waals surface area contributed by atoms with Crippen LogP contribution in [-0.4, -0.2) is 68.9 Å². The van der Waals surface area contributed by atoms with E-state index in [1.165, 1.54) is 17.5 Å². The minimum Gasteiger partial charge on any atom is -0.492 e. The van der Waals surface area contributed by atoms with Gasteiger partial charge < -0.3 is 25.6 Å². The predicted molar refractivity (Wildman–Crippen MR) is 191 cm³/mol. The number of hydrogen-bond acceptors (Lipinski definition) is 10. The van der Waals surface area contributed by atoms with Crippen LogP contribution in [0.25, 0.3) is 0 Å². The Morgan fingerprint density at radius 2 is 1.84 bits per heavy atom. The lowest BCUT2D eigenvalue weighted by Crippen LogP contribution is -2.44. The first-order valence-corrected chi connectivity index (χ1v) is 20.1. The maximum Gasteiger partial charge on any atom is 0.326 e. The Hall–Kier alpha value is -3.87. The molecule has 270 valence electrons. The highest BCUT2D eigenvalue weighted by atomic mass is 79.9. The topological polar surface area (TPSA) is 218 Å². The third-order valence-corrected chi connectivity index (χ3v) is 13.5. The highest BCUT2D eigenvalue weighted by Gasteiger charge is 2.39. The molecule has 2 aliphatic heterocycles. The van der Waals surface area contributed by atoms with Crippen LogP contribution in [0.5, 0.6) is 11.5 Å². The van der Waals surface area contributed by atoms with E-state index in [2.05, 4.69) is 26.0 Å². The van der Waals surface area contributed by atoms with Gasteiger partial charge in [-0.25, -0.2) is 25.9 Å². The van der Waals surface area contributed by atoms with Gasteiger partial charge in [0.2, 0.25) is 5.96 Å². The Morgan fingerprint density at radius 3 is 2.50 bits per heavy atom. The molecule has 1 amide bonds. The first kappa shape index (κ1) is 37.4. The van der Waals surface area contributed by atoms with Crippen molar-refractivity contribution in [2.24, 2.45) is 5.73 Å². The molecule has 2 aliphatic rings. The van der Waals surface area contributed by atoms with E-state index in [1.807, 2.05) is 13.8 Å². The lowest BCUT2D eigenvalue weighted by atomic mass is 9.94. The van der Waals surface area contributed by atoms with E-state index >= 15 is 0 Å². The molecular weight excluding hydrogens is 774 g/mol. The first-order valence-electron chi connectivity index (χ1n) is 15.5. The van der Waals surface area contributed by atoms with Crippen LogP contribution in [-0.2, 0) is 37.7 Å². The van der Waals surface area contributed by atoms with Gasteiger partial charge in [-0.15, -0.1) is 11.3 Å². The Kier molecular flexibility index (Phi) is 10.2. The second-order valence-corrected chi connectivity index (χ2v) is 18.1. The van der Waals surface area contributed by atoms with E-state index in [1.54, 1.807) is 26.8 Å². The third kappa shape index (κ3) is 7.15. The van der Waals surface area contributed by atoms with Crippen LogP contribution in [0.1, 0.15) is 64.2 Å². The van der Waals surface area contributed by atoms with E-state index in [9.17, 15) is 31.5 Å². The number of carboxylic acids is 1. The van der Waals surface area contributed by atoms with Crippen LogP contribution in [0.2, 0.25) is 0 Å². The fourth-order valence-corrected chi connectivity index (χ4v) is 10.9. The summed E-state index contributed by atoms with van der Waals surface area (Å²) in [5, 5.41) is 21.9. The van der Waals surface area contributed by atoms with Crippen molar-refractivity contribution in [3.63, 3.8) is 0 Å². The normalized spacial score (nSPS) is 15.3. The molecule has 0 unspecified atom stereocenters. The largest absolute Gasteiger partial charge is 0.492 e. The van der Waals surface area contributed by atoms with Gasteiger partial charge in [0, 0.05) is 35.0 Å². The van der Waals surface area contributed by atoms with Crippen molar-refractivity contribution in [3.05, 3.63) is 60.7 Å². The molecule has 1 aromatic heterocycles. The molecule has 0 bridgehead atoms. The van der Waals surface area contributed by atoms with Crippen LogP contribution >= 0.6 is 27.3 Å². The number of carboxylic acid groups (broad SMARTS) is 1. The molecule has 0 saturated carbocycles. The van der Waals surface area contributed by atoms with Gasteiger partial charge in [-0.2, -0.15) is 0 Å². The summed E-state index contributed by atoms with van der Waals surface area (Å²) < 4.78 is 70.1. The molecule has 18 heteroatoms. The smallest absolute Gasteiger partial charge is 0.326 e. The number of carbonyl (C=O) groups is 2. The van der Waals surface area contributed by atoms with Crippen molar-refractivity contribution >= 4 is 70.8 Å². The molecule has 0 spiro atoms. The van der Waals surface area contributed by atoms with E-state index in [0.29, 0.717) is 46.4 Å². The molecule has 0 saturated heterocycles. The lowest BCUT2D eigenvalue weighted by Gasteiger charge is -2.26. The number of halogens is 1. The maximum absolute atomic E-state index is 14.0. The number of nitrogens with one attached hydrogen (secondary N) is 3.